The van der Waals surface area contributed by atoms with Crippen LogP contribution in [0.5, 0.6) is 0 Å². The molecule has 0 aliphatic rings. The van der Waals surface area contributed by atoms with Crippen molar-refractivity contribution in [1.82, 2.24) is 20.1 Å². The van der Waals surface area contributed by atoms with Crippen molar-refractivity contribution in [2.45, 2.75) is 84.7 Å². The number of ether oxygens (including phenoxy) is 2. The van der Waals surface area contributed by atoms with Crippen molar-refractivity contribution in [3.63, 3.8) is 0 Å². The third-order valence-corrected chi connectivity index (χ3v) is 11.7. The van der Waals surface area contributed by atoms with E-state index in [1.807, 2.05) is 110 Å². The molecule has 15 heteroatoms. The molecule has 0 radical (unpaired) electrons. The Morgan fingerprint density at radius 3 is 2.03 bits per heavy atom. The molecule has 5 aromatic rings. The van der Waals surface area contributed by atoms with Gasteiger partial charge in [0.15, 0.2) is 0 Å². The fourth-order valence-electron chi connectivity index (χ4n) is 7.50. The van der Waals surface area contributed by atoms with Crippen LogP contribution < -0.4 is 16.4 Å². The SMILES string of the molecule is CC(C)(C)[C@H](c1cc(-c2cc(F)ccc2F)cn1Cc1ccccc1)N(CCCN)C(=O)CSCCC(=O)NCCC(=O)N[C@@H](CCC(=O)OCc1ccccc1)C(=O)OCc1ccccc1. The van der Waals surface area contributed by atoms with Gasteiger partial charge in [0, 0.05) is 67.7 Å². The normalized spacial score (nSPS) is 12.1. The summed E-state index contributed by atoms with van der Waals surface area (Å²) in [5.41, 5.74) is 9.38. The van der Waals surface area contributed by atoms with E-state index in [2.05, 4.69) is 10.6 Å². The smallest absolute Gasteiger partial charge is 0.328 e. The second-order valence-corrected chi connectivity index (χ2v) is 18.3. The standard InChI is InChI=1S/C52H61F2N5O7S/c1-52(2,3)50(45-30-40(42-31-41(53)20-21-43(42)54)33-58(45)32-37-14-7-4-8-15-37)59(28-13-26-55)48(62)36-67-29-25-46(60)56-27-24-47(61)57-44(51(64)66-35-39-18-11-6-12-19-39)22-23-49(63)65-34-38-16-9-5-10-17-38/h4-12,14-21,30-31,33,44,50H,13,22-29,32,34-36,55H2,1-3H3,(H,56,60)(H,57,61)/t44-,50-/m0/s1. The van der Waals surface area contributed by atoms with Crippen LogP contribution in [0.3, 0.4) is 0 Å². The lowest BCUT2D eigenvalue weighted by molar-refractivity contribution is -0.150. The van der Waals surface area contributed by atoms with E-state index in [1.54, 1.807) is 23.2 Å². The van der Waals surface area contributed by atoms with Crippen LogP contribution in [0.4, 0.5) is 8.78 Å². The molecule has 3 amide bonds. The zero-order valence-corrected chi connectivity index (χ0v) is 39.2. The van der Waals surface area contributed by atoms with Gasteiger partial charge in [0.1, 0.15) is 30.9 Å². The van der Waals surface area contributed by atoms with Crippen molar-refractivity contribution < 1.29 is 42.2 Å². The fourth-order valence-corrected chi connectivity index (χ4v) is 8.31. The summed E-state index contributed by atoms with van der Waals surface area (Å²) in [6, 6.07) is 31.5. The Balaban J connectivity index is 1.16. The van der Waals surface area contributed by atoms with Crippen LogP contribution in [-0.4, -0.2) is 76.3 Å². The molecular formula is C52H61F2N5O7S. The van der Waals surface area contributed by atoms with Crippen molar-refractivity contribution in [2.75, 3.05) is 31.1 Å². The summed E-state index contributed by atoms with van der Waals surface area (Å²) in [6.07, 6.45) is 2.08. The van der Waals surface area contributed by atoms with Gasteiger partial charge < -0.3 is 35.3 Å². The lowest BCUT2D eigenvalue weighted by Crippen LogP contribution is -2.44. The molecule has 2 atom stereocenters. The number of rotatable bonds is 25. The van der Waals surface area contributed by atoms with Crippen LogP contribution in [0.2, 0.25) is 0 Å². The maximum atomic E-state index is 15.2. The lowest BCUT2D eigenvalue weighted by atomic mass is 9.83. The van der Waals surface area contributed by atoms with Gasteiger partial charge in [0.05, 0.1) is 11.8 Å². The summed E-state index contributed by atoms with van der Waals surface area (Å²) in [5.74, 6) is -2.99. The molecular weight excluding hydrogens is 877 g/mol. The van der Waals surface area contributed by atoms with Crippen molar-refractivity contribution in [2.24, 2.45) is 11.1 Å². The Bertz CT molecular complexity index is 2380. The Morgan fingerprint density at radius 1 is 0.776 bits per heavy atom. The number of carbonyl (C=O) groups excluding carboxylic acids is 5. The molecule has 356 valence electrons. The van der Waals surface area contributed by atoms with Gasteiger partial charge in [0.25, 0.3) is 0 Å². The quantitative estimate of drug-likeness (QED) is 0.0388. The minimum atomic E-state index is -1.13. The second kappa shape index (κ2) is 26.1. The maximum Gasteiger partial charge on any atom is 0.328 e. The highest BCUT2D eigenvalue weighted by Crippen LogP contribution is 2.41. The molecule has 1 heterocycles. The molecule has 1 aromatic heterocycles. The van der Waals surface area contributed by atoms with Gasteiger partial charge in [-0.2, -0.15) is 11.8 Å². The number of thioether (sulfide) groups is 1. The van der Waals surface area contributed by atoms with Crippen LogP contribution in [0.1, 0.15) is 81.3 Å². The summed E-state index contributed by atoms with van der Waals surface area (Å²) >= 11 is 1.30. The first-order valence-corrected chi connectivity index (χ1v) is 23.6. The lowest BCUT2D eigenvalue weighted by Gasteiger charge is -2.41. The van der Waals surface area contributed by atoms with Gasteiger partial charge in [0.2, 0.25) is 17.7 Å². The highest BCUT2D eigenvalue weighted by Gasteiger charge is 2.37. The average Bonchev–Trinajstić information content (AvgIpc) is 3.72. The molecule has 0 aliphatic carbocycles. The van der Waals surface area contributed by atoms with E-state index in [0.717, 1.165) is 34.5 Å². The van der Waals surface area contributed by atoms with E-state index in [4.69, 9.17) is 15.2 Å². The second-order valence-electron chi connectivity index (χ2n) is 17.2. The van der Waals surface area contributed by atoms with Gasteiger partial charge in [-0.1, -0.05) is 112 Å². The summed E-state index contributed by atoms with van der Waals surface area (Å²) < 4.78 is 42.4. The number of benzene rings is 4. The zero-order valence-electron chi connectivity index (χ0n) is 38.4. The van der Waals surface area contributed by atoms with Gasteiger partial charge >= 0.3 is 11.9 Å². The van der Waals surface area contributed by atoms with Gasteiger partial charge in [-0.05, 0) is 65.8 Å². The fraction of sp³-hybridized carbons (Fsp3) is 0.365. The van der Waals surface area contributed by atoms with Gasteiger partial charge in [-0.15, -0.1) is 0 Å². The summed E-state index contributed by atoms with van der Waals surface area (Å²) in [7, 11) is 0. The first kappa shape index (κ1) is 51.7. The van der Waals surface area contributed by atoms with Gasteiger partial charge in [-0.3, -0.25) is 19.2 Å². The largest absolute Gasteiger partial charge is 0.461 e. The van der Waals surface area contributed by atoms with E-state index in [9.17, 15) is 28.4 Å². The predicted molar refractivity (Wildman–Crippen MR) is 256 cm³/mol. The number of hydrogen-bond acceptors (Lipinski definition) is 9. The zero-order chi connectivity index (χ0) is 48.2. The molecule has 5 rings (SSSR count). The number of amides is 3. The Morgan fingerprint density at radius 2 is 1.40 bits per heavy atom. The highest BCUT2D eigenvalue weighted by molar-refractivity contribution is 7.99. The number of aromatic nitrogens is 1. The molecule has 0 aliphatic heterocycles. The van der Waals surface area contributed by atoms with E-state index < -0.39 is 47.0 Å². The number of nitrogens with one attached hydrogen (secondary N) is 2. The minimum absolute atomic E-state index is 0.0105. The van der Waals surface area contributed by atoms with Gasteiger partial charge in [-0.25, -0.2) is 13.6 Å². The summed E-state index contributed by atoms with van der Waals surface area (Å²) in [4.78, 5) is 67.6. The average molecular weight is 938 g/mol. The van der Waals surface area contributed by atoms with Crippen LogP contribution in [0.25, 0.3) is 11.1 Å². The molecule has 0 spiro atoms. The van der Waals surface area contributed by atoms with Crippen molar-refractivity contribution in [1.29, 1.82) is 0 Å². The number of hydrogen-bond donors (Lipinski definition) is 3. The number of carbonyl (C=O) groups is 5. The van der Waals surface area contributed by atoms with Crippen LogP contribution >= 0.6 is 11.8 Å². The summed E-state index contributed by atoms with van der Waals surface area (Å²) in [5, 5.41) is 5.37. The van der Waals surface area contributed by atoms with Crippen molar-refractivity contribution in [3.8, 4) is 11.1 Å². The molecule has 0 saturated carbocycles. The topological polar surface area (TPSA) is 162 Å². The summed E-state index contributed by atoms with van der Waals surface area (Å²) in [6.45, 7) is 7.26. The Hall–Kier alpha value is -6.32. The number of nitrogens with zero attached hydrogens (tertiary/aromatic N) is 2. The molecule has 0 bridgehead atoms. The number of nitrogens with two attached hydrogens (primary N) is 1. The molecule has 12 nitrogen and oxygen atoms in total. The van der Waals surface area contributed by atoms with Crippen LogP contribution in [0.15, 0.2) is 121 Å². The first-order valence-electron chi connectivity index (χ1n) is 22.4. The number of esters is 2. The molecule has 0 saturated heterocycles. The van der Waals surface area contributed by atoms with Crippen LogP contribution in [-0.2, 0) is 53.2 Å². The van der Waals surface area contributed by atoms with E-state index >= 15 is 4.39 Å². The van der Waals surface area contributed by atoms with Crippen molar-refractivity contribution in [3.05, 3.63) is 155 Å². The maximum absolute atomic E-state index is 15.2. The monoisotopic (exact) mass is 937 g/mol. The Kier molecular flexibility index (Phi) is 20.1. The van der Waals surface area contributed by atoms with E-state index in [-0.39, 0.29) is 68.6 Å². The molecule has 67 heavy (non-hydrogen) atoms. The van der Waals surface area contributed by atoms with E-state index in [0.29, 0.717) is 37.4 Å². The molecule has 0 fully saturated rings. The third-order valence-electron chi connectivity index (χ3n) is 10.8. The van der Waals surface area contributed by atoms with Crippen molar-refractivity contribution >= 4 is 41.4 Å². The third kappa shape index (κ3) is 16.8. The molecule has 4 aromatic carbocycles. The molecule has 4 N–H and O–H groups in total. The highest BCUT2D eigenvalue weighted by atomic mass is 32.2. The number of halogens is 2. The van der Waals surface area contributed by atoms with E-state index in [1.165, 1.54) is 17.8 Å². The minimum Gasteiger partial charge on any atom is -0.461 e. The van der Waals surface area contributed by atoms with Crippen LogP contribution in [0, 0.1) is 17.0 Å². The first-order chi connectivity index (χ1) is 32.2. The molecule has 0 unspecified atom stereocenters. The Labute approximate surface area is 396 Å². The predicted octanol–water partition coefficient (Wildman–Crippen LogP) is 8.13.